The quantitative estimate of drug-likeness (QED) is 0.0369. The summed E-state index contributed by atoms with van der Waals surface area (Å²) in [6.45, 7) is 7.88. The second-order valence-electron chi connectivity index (χ2n) is 24.1. The molecular formula is C83H75N17O4. The lowest BCUT2D eigenvalue weighted by Crippen LogP contribution is -2.21. The first-order chi connectivity index (χ1) is 50.8. The fourth-order valence-corrected chi connectivity index (χ4v) is 11.7. The topological polar surface area (TPSA) is 240 Å². The number of terminal acetylenes is 3. The highest BCUT2D eigenvalue weighted by Gasteiger charge is 2.22. The Morgan fingerprint density at radius 3 is 1.34 bits per heavy atom. The van der Waals surface area contributed by atoms with E-state index in [0.29, 0.717) is 95.8 Å². The Labute approximate surface area is 601 Å². The largest absolute Gasteiger partial charge is 0.350 e. The van der Waals surface area contributed by atoms with Crippen molar-refractivity contribution in [2.24, 2.45) is 14.1 Å². The summed E-state index contributed by atoms with van der Waals surface area (Å²) in [7, 11) is 3.95. The predicted molar refractivity (Wildman–Crippen MR) is 410 cm³/mol. The number of hydrogen-bond donors (Lipinski definition) is 0. The number of rotatable bonds is 21. The van der Waals surface area contributed by atoms with Crippen molar-refractivity contribution < 1.29 is 0 Å². The van der Waals surface area contributed by atoms with Crippen LogP contribution in [0.5, 0.6) is 0 Å². The molecule has 0 saturated heterocycles. The van der Waals surface area contributed by atoms with Gasteiger partial charge in [-0.1, -0.05) is 140 Å². The van der Waals surface area contributed by atoms with E-state index in [1.165, 1.54) is 0 Å². The molecular weight excluding hydrogens is 1300 g/mol. The average molecular weight is 1370 g/mol. The third-order valence-corrected chi connectivity index (χ3v) is 16.8. The summed E-state index contributed by atoms with van der Waals surface area (Å²) in [5.41, 5.74) is 8.10. The van der Waals surface area contributed by atoms with Crippen LogP contribution in [-0.2, 0) is 40.3 Å². The number of hydrogen-bond acceptors (Lipinski definition) is 15. The van der Waals surface area contributed by atoms with Crippen LogP contribution in [0, 0.1) is 44.0 Å². The summed E-state index contributed by atoms with van der Waals surface area (Å²) in [6.07, 6.45) is 32.4. The molecule has 9 aromatic heterocycles. The van der Waals surface area contributed by atoms with Gasteiger partial charge < -0.3 is 9.13 Å². The normalized spacial score (nSPS) is 10.7. The monoisotopic (exact) mass is 1370 g/mol. The Morgan fingerprint density at radius 2 is 0.827 bits per heavy atom. The van der Waals surface area contributed by atoms with Gasteiger partial charge in [-0.05, 0) is 94.0 Å². The van der Waals surface area contributed by atoms with Gasteiger partial charge in [-0.25, -0.2) is 23.7 Å². The van der Waals surface area contributed by atoms with E-state index in [-0.39, 0.29) is 22.2 Å². The molecule has 0 spiro atoms. The Bertz CT molecular complexity index is 5710. The second-order valence-corrected chi connectivity index (χ2v) is 24.1. The number of para-hydroxylation sites is 3. The van der Waals surface area contributed by atoms with Gasteiger partial charge in [-0.15, -0.1) is 43.6 Å². The van der Waals surface area contributed by atoms with Gasteiger partial charge in [0.05, 0.1) is 12.1 Å². The van der Waals surface area contributed by atoms with Crippen molar-refractivity contribution in [3.63, 3.8) is 0 Å². The van der Waals surface area contributed by atoms with E-state index in [2.05, 4.69) is 69.5 Å². The lowest BCUT2D eigenvalue weighted by molar-refractivity contribution is 0.538. The first kappa shape index (κ1) is 71.8. The summed E-state index contributed by atoms with van der Waals surface area (Å²) < 4.78 is 11.1. The molecule has 14 rings (SSSR count). The first-order valence-corrected chi connectivity index (χ1v) is 34.1. The molecule has 0 atom stereocenters. The average Bonchev–Trinajstić information content (AvgIpc) is 1.68. The molecule has 0 bridgehead atoms. The zero-order chi connectivity index (χ0) is 72.7. The molecule has 21 heteroatoms. The minimum absolute atomic E-state index is 0.314. The predicted octanol–water partition coefficient (Wildman–Crippen LogP) is 13.4. The summed E-state index contributed by atoms with van der Waals surface area (Å²) in [5.74, 6) is 9.91. The van der Waals surface area contributed by atoms with Gasteiger partial charge in [-0.3, -0.25) is 29.1 Å². The molecule has 21 nitrogen and oxygen atoms in total. The first-order valence-electron chi connectivity index (χ1n) is 34.1. The number of pyridine rings is 3. The third-order valence-electron chi connectivity index (χ3n) is 16.8. The molecule has 9 heterocycles. The number of benzene rings is 5. The Kier molecular flexibility index (Phi) is 24.2. The van der Waals surface area contributed by atoms with Crippen molar-refractivity contribution in [3.05, 3.63) is 267 Å². The molecule has 0 N–H and O–H groups in total. The molecule has 0 aliphatic heterocycles. The number of fused-ring (bicyclic) bond motifs is 3. The lowest BCUT2D eigenvalue weighted by atomic mass is 10.1. The van der Waals surface area contributed by atoms with Crippen molar-refractivity contribution in [2.75, 3.05) is 0 Å². The van der Waals surface area contributed by atoms with E-state index < -0.39 is 0 Å². The minimum atomic E-state index is -0.360. The highest BCUT2D eigenvalue weighted by molar-refractivity contribution is 5.96. The molecule has 0 unspecified atom stereocenters. The molecule has 0 radical (unpaired) electrons. The SMILES string of the molecule is C#CCCCCn1nc(-c2ccccc2)c(=O)nc1-c1ccc2ccccc2n1.C#CCCCCn1nc(-c2ccccc2)c(=O)nc1-c1ccccn1.C#CCCCCn1nc(C)c(=O)nc1-c1ccccn1.C=CCn1nc(-c2cn(C)c3ccccc23)c(=O)nc1-c1cn(C)c2ccccc12. The van der Waals surface area contributed by atoms with Crippen LogP contribution < -0.4 is 22.2 Å². The van der Waals surface area contributed by atoms with Crippen molar-refractivity contribution >= 4 is 32.7 Å². The standard InChI is InChI=1S/C24H21N5O.C24H20N4O.C20H18N4O.C15H16N4O/c1-4-13-29-23(19-15-28(3)21-12-8-6-10-17(19)21)25-24(30)22(26-29)18-14-27(2)20-11-7-5-9-16(18)20;1-2-3-4-10-17-28-23(21-16-15-18-11-8-9-14-20(18)25-21)26-24(29)22(27-28)19-12-6-5-7-13-19;1-2-3-4-10-15-24-19(17-13-8-9-14-21-17)22-20(25)18(23-24)16-11-6-5-7-12-16;1-3-4-5-8-11-19-14(13-9-6-7-10-16-13)17-15(20)12(2)18-19/h4-12,14-15H,1,13H2,2-3H3;1,5-9,11-16H,3-4,10,17H2;1,5-9,11-14H,3-4,10,15H2;1,6-7,9-10H,4-5,8,11H2,2H3. The van der Waals surface area contributed by atoms with E-state index in [1.54, 1.807) is 44.1 Å². The van der Waals surface area contributed by atoms with E-state index >= 15 is 0 Å². The summed E-state index contributed by atoms with van der Waals surface area (Å²) in [5, 5.41) is 21.3. The highest BCUT2D eigenvalue weighted by atomic mass is 16.1. The van der Waals surface area contributed by atoms with Gasteiger partial charge in [0.25, 0.3) is 22.2 Å². The van der Waals surface area contributed by atoms with Crippen molar-refractivity contribution in [1.29, 1.82) is 0 Å². The second kappa shape index (κ2) is 35.0. The summed E-state index contributed by atoms with van der Waals surface area (Å²) in [6, 6.07) is 57.5. The molecule has 0 aliphatic rings. The van der Waals surface area contributed by atoms with Crippen LogP contribution in [0.1, 0.15) is 63.5 Å². The van der Waals surface area contributed by atoms with E-state index in [9.17, 15) is 19.2 Å². The summed E-state index contributed by atoms with van der Waals surface area (Å²) in [4.78, 5) is 80.5. The van der Waals surface area contributed by atoms with Crippen LogP contribution in [0.3, 0.4) is 0 Å². The van der Waals surface area contributed by atoms with Gasteiger partial charge in [0.15, 0.2) is 40.4 Å². The van der Waals surface area contributed by atoms with Crippen LogP contribution in [0.15, 0.2) is 239 Å². The van der Waals surface area contributed by atoms with Gasteiger partial charge in [0.2, 0.25) is 0 Å². The number of allylic oxidation sites excluding steroid dienone is 1. The molecule has 0 fully saturated rings. The maximum absolute atomic E-state index is 13.1. The van der Waals surface area contributed by atoms with Gasteiger partial charge in [-0.2, -0.15) is 40.3 Å². The minimum Gasteiger partial charge on any atom is -0.350 e. The van der Waals surface area contributed by atoms with Gasteiger partial charge >= 0.3 is 0 Å². The van der Waals surface area contributed by atoms with E-state index in [4.69, 9.17) is 29.4 Å². The van der Waals surface area contributed by atoms with Crippen molar-refractivity contribution in [2.45, 2.75) is 90.9 Å². The van der Waals surface area contributed by atoms with Crippen LogP contribution in [0.25, 0.3) is 112 Å². The molecule has 5 aromatic carbocycles. The Hall–Kier alpha value is -13.5. The molecule has 104 heavy (non-hydrogen) atoms. The van der Waals surface area contributed by atoms with E-state index in [0.717, 1.165) is 106 Å². The summed E-state index contributed by atoms with van der Waals surface area (Å²) >= 11 is 0. The number of aromatic nitrogens is 17. The van der Waals surface area contributed by atoms with Crippen molar-refractivity contribution in [3.8, 4) is 117 Å². The Morgan fingerprint density at radius 1 is 0.404 bits per heavy atom. The Balaban J connectivity index is 0.000000140. The van der Waals surface area contributed by atoms with Gasteiger partial charge in [0.1, 0.15) is 22.8 Å². The molecule has 0 amide bonds. The van der Waals surface area contributed by atoms with E-state index in [1.807, 2.05) is 218 Å². The van der Waals surface area contributed by atoms with Crippen LogP contribution in [0.4, 0.5) is 0 Å². The maximum Gasteiger partial charge on any atom is 0.300 e. The fraction of sp³-hybridized carbons (Fsp3) is 0.193. The van der Waals surface area contributed by atoms with Crippen molar-refractivity contribution in [1.82, 2.24) is 83.1 Å². The number of aryl methyl sites for hydroxylation is 6. The van der Waals surface area contributed by atoms with Crippen LogP contribution in [-0.4, -0.2) is 83.1 Å². The zero-order valence-corrected chi connectivity index (χ0v) is 58.1. The zero-order valence-electron chi connectivity index (χ0n) is 58.1. The maximum atomic E-state index is 13.1. The number of nitrogens with zero attached hydrogens (tertiary/aromatic N) is 17. The number of unbranched alkanes of at least 4 members (excludes halogenated alkanes) is 6. The lowest BCUT2D eigenvalue weighted by Gasteiger charge is -2.13. The molecule has 0 saturated carbocycles. The molecule has 14 aromatic rings. The van der Waals surface area contributed by atoms with Crippen LogP contribution >= 0.6 is 0 Å². The smallest absolute Gasteiger partial charge is 0.300 e. The highest BCUT2D eigenvalue weighted by Crippen LogP contribution is 2.31. The molecule has 516 valence electrons. The molecule has 0 aliphatic carbocycles. The van der Waals surface area contributed by atoms with Crippen LogP contribution in [0.2, 0.25) is 0 Å². The van der Waals surface area contributed by atoms with Gasteiger partial charge in [0, 0.05) is 127 Å². The fourth-order valence-electron chi connectivity index (χ4n) is 11.7. The third kappa shape index (κ3) is 17.4.